The van der Waals surface area contributed by atoms with Gasteiger partial charge in [0.15, 0.2) is 17.5 Å². The van der Waals surface area contributed by atoms with Crippen LogP contribution in [0.25, 0.3) is 116 Å². The first-order chi connectivity index (χ1) is 28.7. The van der Waals surface area contributed by atoms with E-state index < -0.39 is 0 Å². The van der Waals surface area contributed by atoms with Crippen LogP contribution in [0.3, 0.4) is 0 Å². The van der Waals surface area contributed by atoms with Crippen LogP contribution in [0.4, 0.5) is 0 Å². The lowest BCUT2D eigenvalue weighted by Crippen LogP contribution is -2.02. The number of nitrogens with zero attached hydrogens (tertiary/aromatic N) is 4. The highest BCUT2D eigenvalue weighted by Gasteiger charge is 2.22. The van der Waals surface area contributed by atoms with Gasteiger partial charge in [-0.2, -0.15) is 0 Å². The van der Waals surface area contributed by atoms with Crippen LogP contribution < -0.4 is 0 Å². The van der Waals surface area contributed by atoms with E-state index in [0.29, 0.717) is 17.5 Å². The van der Waals surface area contributed by atoms with E-state index in [0.717, 1.165) is 77.2 Å². The van der Waals surface area contributed by atoms with Crippen LogP contribution in [-0.4, -0.2) is 19.5 Å². The Balaban J connectivity index is 1.17. The number of para-hydroxylation sites is 3. The molecule has 0 spiro atoms. The minimum absolute atomic E-state index is 0.592. The maximum atomic E-state index is 6.73. The van der Waals surface area contributed by atoms with E-state index in [1.165, 1.54) is 21.5 Å². The van der Waals surface area contributed by atoms with Crippen molar-refractivity contribution in [2.75, 3.05) is 0 Å². The first kappa shape index (κ1) is 32.4. The van der Waals surface area contributed by atoms with Crippen molar-refractivity contribution in [3.8, 4) is 51.0 Å². The Morgan fingerprint density at radius 2 is 0.966 bits per heavy atom. The lowest BCUT2D eigenvalue weighted by Gasteiger charge is -2.17. The molecule has 0 fully saturated rings. The summed E-state index contributed by atoms with van der Waals surface area (Å²) in [6.45, 7) is 0. The van der Waals surface area contributed by atoms with Gasteiger partial charge in [0, 0.05) is 49.4 Å². The summed E-state index contributed by atoms with van der Waals surface area (Å²) < 4.78 is 9.14. The van der Waals surface area contributed by atoms with Gasteiger partial charge < -0.3 is 8.98 Å². The molecule has 12 rings (SSSR count). The van der Waals surface area contributed by atoms with Crippen molar-refractivity contribution >= 4 is 65.3 Å². The number of benzene rings is 9. The van der Waals surface area contributed by atoms with Gasteiger partial charge in [-0.1, -0.05) is 152 Å². The van der Waals surface area contributed by atoms with Crippen molar-refractivity contribution in [2.24, 2.45) is 0 Å². The molecule has 58 heavy (non-hydrogen) atoms. The van der Waals surface area contributed by atoms with Crippen LogP contribution in [0.15, 0.2) is 199 Å². The Morgan fingerprint density at radius 1 is 0.345 bits per heavy atom. The SMILES string of the molecule is c1ccc(-c2nc(-c3ccc(-n4c5ccccc5c5cc6ccccc6cc54)c(-c4cccc5c4oc4ccccc45)c3)nc(-c3cccc4ccccc34)n2)cc1. The van der Waals surface area contributed by atoms with Crippen molar-refractivity contribution in [1.82, 2.24) is 19.5 Å². The van der Waals surface area contributed by atoms with Gasteiger partial charge in [-0.15, -0.1) is 0 Å². The highest BCUT2D eigenvalue weighted by Crippen LogP contribution is 2.43. The molecule has 12 aromatic rings. The first-order valence-electron chi connectivity index (χ1n) is 19.5. The minimum atomic E-state index is 0.592. The normalized spacial score (nSPS) is 11.8. The molecule has 3 aromatic heterocycles. The summed E-state index contributed by atoms with van der Waals surface area (Å²) >= 11 is 0. The predicted molar refractivity (Wildman–Crippen MR) is 238 cm³/mol. The van der Waals surface area contributed by atoms with E-state index in [-0.39, 0.29) is 0 Å². The standard InChI is InChI=1S/C53H32N4O/c1-2-15-34(16-3-1)51-54-52(56-53(55-51)43-25-12-19-33-14-6-7-20-38(33)43)37-28-29-47(45(31-37)42-24-13-23-41-40-22-9-11-27-49(40)58-50(41)42)57-46-26-10-8-21-39(46)44-30-35-17-4-5-18-36(35)32-48(44)57/h1-32H. The van der Waals surface area contributed by atoms with Crippen LogP contribution in [0.5, 0.6) is 0 Å². The molecule has 0 aliphatic heterocycles. The molecular weight excluding hydrogens is 709 g/mol. The van der Waals surface area contributed by atoms with Crippen LogP contribution in [0, 0.1) is 0 Å². The molecule has 0 N–H and O–H groups in total. The maximum Gasteiger partial charge on any atom is 0.164 e. The van der Waals surface area contributed by atoms with Gasteiger partial charge in [0.25, 0.3) is 0 Å². The Kier molecular flexibility index (Phi) is 7.16. The summed E-state index contributed by atoms with van der Waals surface area (Å²) in [6, 6.07) is 68.0. The Morgan fingerprint density at radius 3 is 1.83 bits per heavy atom. The fraction of sp³-hybridized carbons (Fsp3) is 0. The molecular formula is C53H32N4O. The average molecular weight is 741 g/mol. The number of rotatable bonds is 5. The topological polar surface area (TPSA) is 56.7 Å². The maximum absolute atomic E-state index is 6.73. The molecule has 5 nitrogen and oxygen atoms in total. The highest BCUT2D eigenvalue weighted by atomic mass is 16.3. The summed E-state index contributed by atoms with van der Waals surface area (Å²) in [5.41, 5.74) is 9.74. The molecule has 0 aliphatic carbocycles. The van der Waals surface area contributed by atoms with E-state index in [9.17, 15) is 0 Å². The van der Waals surface area contributed by atoms with Crippen molar-refractivity contribution < 1.29 is 4.42 Å². The second-order valence-electron chi connectivity index (χ2n) is 14.8. The molecule has 0 atom stereocenters. The van der Waals surface area contributed by atoms with E-state index in [1.54, 1.807) is 0 Å². The molecule has 0 saturated heterocycles. The van der Waals surface area contributed by atoms with Gasteiger partial charge in [0.05, 0.1) is 16.7 Å². The summed E-state index contributed by atoms with van der Waals surface area (Å²) in [5.74, 6) is 1.84. The summed E-state index contributed by atoms with van der Waals surface area (Å²) in [5, 5.41) is 9.19. The number of hydrogen-bond donors (Lipinski definition) is 0. The fourth-order valence-electron chi connectivity index (χ4n) is 8.72. The summed E-state index contributed by atoms with van der Waals surface area (Å²) in [7, 11) is 0. The minimum Gasteiger partial charge on any atom is -0.455 e. The molecule has 0 aliphatic rings. The number of aromatic nitrogens is 4. The van der Waals surface area contributed by atoms with Crippen LogP contribution >= 0.6 is 0 Å². The van der Waals surface area contributed by atoms with Gasteiger partial charge >= 0.3 is 0 Å². The molecule has 3 heterocycles. The third-order valence-electron chi connectivity index (χ3n) is 11.4. The Bertz CT molecular complexity index is 3580. The van der Waals surface area contributed by atoms with Crippen molar-refractivity contribution in [2.45, 2.75) is 0 Å². The van der Waals surface area contributed by atoms with Crippen molar-refractivity contribution in [3.63, 3.8) is 0 Å². The summed E-state index contributed by atoms with van der Waals surface area (Å²) in [4.78, 5) is 15.5. The third-order valence-corrected chi connectivity index (χ3v) is 11.4. The lowest BCUT2D eigenvalue weighted by atomic mass is 9.97. The average Bonchev–Trinajstić information content (AvgIpc) is 3.83. The van der Waals surface area contributed by atoms with Crippen LogP contribution in [0.2, 0.25) is 0 Å². The van der Waals surface area contributed by atoms with E-state index in [4.69, 9.17) is 19.4 Å². The number of hydrogen-bond acceptors (Lipinski definition) is 4. The molecule has 0 bridgehead atoms. The zero-order valence-corrected chi connectivity index (χ0v) is 31.2. The molecule has 0 radical (unpaired) electrons. The van der Waals surface area contributed by atoms with E-state index >= 15 is 0 Å². The smallest absolute Gasteiger partial charge is 0.164 e. The second kappa shape index (κ2) is 12.8. The first-order valence-corrected chi connectivity index (χ1v) is 19.5. The molecule has 0 unspecified atom stereocenters. The lowest BCUT2D eigenvalue weighted by molar-refractivity contribution is 0.670. The van der Waals surface area contributed by atoms with Crippen LogP contribution in [-0.2, 0) is 0 Å². The Labute approximate surface area is 333 Å². The van der Waals surface area contributed by atoms with Crippen molar-refractivity contribution in [1.29, 1.82) is 0 Å². The zero-order valence-electron chi connectivity index (χ0n) is 31.2. The number of furan rings is 1. The third kappa shape index (κ3) is 5.07. The Hall–Kier alpha value is -7.89. The van der Waals surface area contributed by atoms with Gasteiger partial charge in [-0.25, -0.2) is 15.0 Å². The van der Waals surface area contributed by atoms with Crippen molar-refractivity contribution in [3.05, 3.63) is 194 Å². The monoisotopic (exact) mass is 740 g/mol. The fourth-order valence-corrected chi connectivity index (χ4v) is 8.72. The van der Waals surface area contributed by atoms with E-state index in [1.807, 2.05) is 30.3 Å². The molecule has 0 amide bonds. The van der Waals surface area contributed by atoms with Gasteiger partial charge in [-0.05, 0) is 64.0 Å². The largest absolute Gasteiger partial charge is 0.455 e. The molecule has 9 aromatic carbocycles. The van der Waals surface area contributed by atoms with Crippen LogP contribution in [0.1, 0.15) is 0 Å². The quantitative estimate of drug-likeness (QED) is 0.176. The van der Waals surface area contributed by atoms with Gasteiger partial charge in [-0.3, -0.25) is 0 Å². The van der Waals surface area contributed by atoms with Gasteiger partial charge in [0.2, 0.25) is 0 Å². The molecule has 0 saturated carbocycles. The molecule has 5 heteroatoms. The highest BCUT2D eigenvalue weighted by molar-refractivity contribution is 6.15. The van der Waals surface area contributed by atoms with E-state index in [2.05, 4.69) is 168 Å². The summed E-state index contributed by atoms with van der Waals surface area (Å²) in [6.07, 6.45) is 0. The van der Waals surface area contributed by atoms with Gasteiger partial charge in [0.1, 0.15) is 11.2 Å². The molecule has 270 valence electrons. The zero-order chi connectivity index (χ0) is 38.2. The number of fused-ring (bicyclic) bond motifs is 8. The second-order valence-corrected chi connectivity index (χ2v) is 14.8. The predicted octanol–water partition coefficient (Wildman–Crippen LogP) is 13.8.